The van der Waals surface area contributed by atoms with Crippen LogP contribution in [-0.4, -0.2) is 49.1 Å². The average Bonchev–Trinajstić information content (AvgIpc) is 3.10. The summed E-state index contributed by atoms with van der Waals surface area (Å²) in [5, 5.41) is 3.11. The lowest BCUT2D eigenvalue weighted by molar-refractivity contribution is -0.133. The third-order valence-electron chi connectivity index (χ3n) is 3.89. The van der Waals surface area contributed by atoms with Crippen molar-refractivity contribution in [3.05, 3.63) is 23.2 Å². The van der Waals surface area contributed by atoms with Crippen LogP contribution in [0.4, 0.5) is 5.69 Å². The number of hydrogen-bond donors (Lipinski definition) is 1. The molecule has 0 bridgehead atoms. The van der Waals surface area contributed by atoms with Crippen LogP contribution in [0.2, 0.25) is 5.02 Å². The Morgan fingerprint density at radius 1 is 1.38 bits per heavy atom. The van der Waals surface area contributed by atoms with Crippen molar-refractivity contribution in [3.8, 4) is 5.75 Å². The summed E-state index contributed by atoms with van der Waals surface area (Å²) < 4.78 is 10.8. The highest BCUT2D eigenvalue weighted by Gasteiger charge is 2.23. The van der Waals surface area contributed by atoms with E-state index in [0.717, 1.165) is 12.8 Å². The van der Waals surface area contributed by atoms with E-state index in [4.69, 9.17) is 21.1 Å². The first-order valence-electron chi connectivity index (χ1n) is 8.17. The van der Waals surface area contributed by atoms with Crippen molar-refractivity contribution < 1.29 is 19.1 Å². The Bertz CT molecular complexity index is 584. The van der Waals surface area contributed by atoms with Gasteiger partial charge in [-0.1, -0.05) is 11.6 Å². The fourth-order valence-electron chi connectivity index (χ4n) is 2.51. The molecule has 0 spiro atoms. The highest BCUT2D eigenvalue weighted by Crippen LogP contribution is 2.28. The molecule has 0 aromatic heterocycles. The highest BCUT2D eigenvalue weighted by atomic mass is 35.5. The van der Waals surface area contributed by atoms with Gasteiger partial charge in [0.1, 0.15) is 11.9 Å². The molecule has 24 heavy (non-hydrogen) atoms. The molecule has 2 amide bonds. The van der Waals surface area contributed by atoms with Gasteiger partial charge in [-0.05, 0) is 44.9 Å². The van der Waals surface area contributed by atoms with Crippen molar-refractivity contribution in [2.45, 2.75) is 32.8 Å². The fourth-order valence-corrected chi connectivity index (χ4v) is 2.75. The predicted molar refractivity (Wildman–Crippen MR) is 92.5 cm³/mol. The molecule has 1 N–H and O–H groups in total. The summed E-state index contributed by atoms with van der Waals surface area (Å²) in [4.78, 5) is 25.6. The van der Waals surface area contributed by atoms with Gasteiger partial charge >= 0.3 is 0 Å². The molecule has 6 nitrogen and oxygen atoms in total. The molecule has 1 aliphatic rings. The molecule has 0 unspecified atom stereocenters. The second-order valence-corrected chi connectivity index (χ2v) is 5.90. The number of likely N-dealkylation sites (N-methyl/N-ethyl adjacent to an activating group) is 1. The van der Waals surface area contributed by atoms with Crippen LogP contribution in [0.15, 0.2) is 18.2 Å². The second-order valence-electron chi connectivity index (χ2n) is 5.49. The van der Waals surface area contributed by atoms with Crippen LogP contribution >= 0.6 is 11.6 Å². The molecule has 1 fully saturated rings. The van der Waals surface area contributed by atoms with Crippen molar-refractivity contribution in [2.75, 3.05) is 31.6 Å². The topological polar surface area (TPSA) is 67.9 Å². The van der Waals surface area contributed by atoms with Gasteiger partial charge in [-0.15, -0.1) is 0 Å². The molecular formula is C17H23ClN2O4. The van der Waals surface area contributed by atoms with Gasteiger partial charge in [-0.25, -0.2) is 0 Å². The van der Waals surface area contributed by atoms with Crippen LogP contribution < -0.4 is 10.1 Å². The highest BCUT2D eigenvalue weighted by molar-refractivity contribution is 6.32. The van der Waals surface area contributed by atoms with E-state index in [0.29, 0.717) is 36.2 Å². The Kier molecular flexibility index (Phi) is 6.87. The van der Waals surface area contributed by atoms with Crippen molar-refractivity contribution in [3.63, 3.8) is 0 Å². The van der Waals surface area contributed by atoms with E-state index >= 15 is 0 Å². The maximum atomic E-state index is 12.0. The molecule has 1 saturated heterocycles. The minimum absolute atomic E-state index is 0.0664. The maximum absolute atomic E-state index is 12.0. The van der Waals surface area contributed by atoms with Crippen LogP contribution in [0.1, 0.15) is 26.7 Å². The zero-order valence-electron chi connectivity index (χ0n) is 14.0. The van der Waals surface area contributed by atoms with Crippen molar-refractivity contribution >= 4 is 29.1 Å². The number of carbonyl (C=O) groups excluding carboxylic acids is 2. The molecule has 0 aliphatic carbocycles. The molecule has 7 heteroatoms. The van der Waals surface area contributed by atoms with E-state index in [9.17, 15) is 9.59 Å². The predicted octanol–water partition coefficient (Wildman–Crippen LogP) is 2.70. The number of halogens is 1. The number of carbonyl (C=O) groups is 2. The lowest BCUT2D eigenvalue weighted by Gasteiger charge is -2.19. The zero-order chi connectivity index (χ0) is 17.5. The number of anilines is 1. The number of amides is 2. The van der Waals surface area contributed by atoms with E-state index in [1.807, 2.05) is 13.8 Å². The van der Waals surface area contributed by atoms with Gasteiger partial charge in [-0.2, -0.15) is 0 Å². The van der Waals surface area contributed by atoms with E-state index < -0.39 is 6.10 Å². The number of benzene rings is 1. The largest absolute Gasteiger partial charge is 0.482 e. The van der Waals surface area contributed by atoms with Crippen LogP contribution in [0, 0.1) is 0 Å². The quantitative estimate of drug-likeness (QED) is 0.817. The van der Waals surface area contributed by atoms with Gasteiger partial charge in [0.05, 0.1) is 5.02 Å². The Morgan fingerprint density at radius 2 is 2.12 bits per heavy atom. The van der Waals surface area contributed by atoms with Gasteiger partial charge in [0.2, 0.25) is 0 Å². The fraction of sp³-hybridized carbons (Fsp3) is 0.529. The van der Waals surface area contributed by atoms with Crippen molar-refractivity contribution in [2.24, 2.45) is 0 Å². The summed E-state index contributed by atoms with van der Waals surface area (Å²) in [5.41, 5.74) is 0.572. The summed E-state index contributed by atoms with van der Waals surface area (Å²) in [6, 6.07) is 4.94. The summed E-state index contributed by atoms with van der Waals surface area (Å²) >= 11 is 6.17. The van der Waals surface area contributed by atoms with Crippen LogP contribution in [-0.2, 0) is 14.3 Å². The van der Waals surface area contributed by atoms with Gasteiger partial charge in [0, 0.05) is 25.4 Å². The van der Waals surface area contributed by atoms with Gasteiger partial charge in [0.25, 0.3) is 11.8 Å². The first kappa shape index (κ1) is 18.5. The van der Waals surface area contributed by atoms with Gasteiger partial charge < -0.3 is 19.7 Å². The number of nitrogens with zero attached hydrogens (tertiary/aromatic N) is 1. The Balaban J connectivity index is 1.91. The maximum Gasteiger partial charge on any atom is 0.260 e. The third-order valence-corrected chi connectivity index (χ3v) is 4.18. The molecule has 2 rings (SSSR count). The van der Waals surface area contributed by atoms with Gasteiger partial charge in [-0.3, -0.25) is 9.59 Å². The van der Waals surface area contributed by atoms with Crippen LogP contribution in [0.3, 0.4) is 0 Å². The Hall–Kier alpha value is -1.79. The smallest absolute Gasteiger partial charge is 0.260 e. The molecule has 1 aromatic carbocycles. The number of ether oxygens (including phenoxy) is 2. The first-order chi connectivity index (χ1) is 11.5. The number of rotatable bonds is 7. The molecule has 1 aliphatic heterocycles. The van der Waals surface area contributed by atoms with E-state index in [2.05, 4.69) is 5.32 Å². The minimum atomic E-state index is -0.397. The summed E-state index contributed by atoms with van der Waals surface area (Å²) in [5.74, 6) is 0.146. The summed E-state index contributed by atoms with van der Waals surface area (Å²) in [6.07, 6.45) is 1.23. The zero-order valence-corrected chi connectivity index (χ0v) is 14.8. The molecule has 132 valence electrons. The standard InChI is InChI=1S/C17H23ClN2O4/c1-3-20(4-2)16(21)11-24-14-8-7-12(10-13(14)18)19-17(22)15-6-5-9-23-15/h7-8,10,15H,3-6,9,11H2,1-2H3,(H,19,22)/t15-/m1/s1. The minimum Gasteiger partial charge on any atom is -0.482 e. The molecule has 1 heterocycles. The first-order valence-corrected chi connectivity index (χ1v) is 8.55. The van der Waals surface area contributed by atoms with Gasteiger partial charge in [0.15, 0.2) is 6.61 Å². The molecule has 0 saturated carbocycles. The molecule has 0 radical (unpaired) electrons. The van der Waals surface area contributed by atoms with Crippen molar-refractivity contribution in [1.29, 1.82) is 0 Å². The SMILES string of the molecule is CCN(CC)C(=O)COc1ccc(NC(=O)[C@H]2CCCO2)cc1Cl. The number of hydrogen-bond acceptors (Lipinski definition) is 4. The molecule has 1 atom stereocenters. The molecule has 1 aromatic rings. The third kappa shape index (κ3) is 4.85. The number of nitrogens with one attached hydrogen (secondary N) is 1. The van der Waals surface area contributed by atoms with Crippen molar-refractivity contribution in [1.82, 2.24) is 4.90 Å². The second kappa shape index (κ2) is 8.89. The van der Waals surface area contributed by atoms with Crippen LogP contribution in [0.25, 0.3) is 0 Å². The average molecular weight is 355 g/mol. The Morgan fingerprint density at radius 3 is 2.71 bits per heavy atom. The lowest BCUT2D eigenvalue weighted by atomic mass is 10.2. The van der Waals surface area contributed by atoms with Crippen LogP contribution in [0.5, 0.6) is 5.75 Å². The van der Waals surface area contributed by atoms with E-state index in [1.54, 1.807) is 23.1 Å². The van der Waals surface area contributed by atoms with E-state index in [1.165, 1.54) is 0 Å². The lowest BCUT2D eigenvalue weighted by Crippen LogP contribution is -2.34. The van der Waals surface area contributed by atoms with E-state index in [-0.39, 0.29) is 18.4 Å². The summed E-state index contributed by atoms with van der Waals surface area (Å²) in [6.45, 7) is 5.66. The monoisotopic (exact) mass is 354 g/mol. The summed E-state index contributed by atoms with van der Waals surface area (Å²) in [7, 11) is 0. The molecular weight excluding hydrogens is 332 g/mol. The Labute approximate surface area is 147 Å². The normalized spacial score (nSPS) is 16.7.